The van der Waals surface area contributed by atoms with Gasteiger partial charge in [0, 0.05) is 0 Å². The maximum Gasteiger partial charge on any atom is 0.407 e. The molecule has 0 aromatic carbocycles. The van der Waals surface area contributed by atoms with Gasteiger partial charge in [0.1, 0.15) is 11.7 Å². The average molecular weight is 231 g/mol. The van der Waals surface area contributed by atoms with E-state index < -0.39 is 11.7 Å². The van der Waals surface area contributed by atoms with Crippen LogP contribution in [0.1, 0.15) is 27.7 Å². The van der Waals surface area contributed by atoms with Crippen LogP contribution in [0.15, 0.2) is 0 Å². The lowest BCUT2D eigenvalue weighted by atomic mass is 10.2. The Morgan fingerprint density at radius 2 is 2.19 bits per heavy atom. The summed E-state index contributed by atoms with van der Waals surface area (Å²) in [6.07, 6.45) is -0.153. The van der Waals surface area contributed by atoms with Gasteiger partial charge >= 0.3 is 6.09 Å². The van der Waals surface area contributed by atoms with E-state index in [9.17, 15) is 4.79 Å². The molecule has 1 saturated heterocycles. The second kappa shape index (κ2) is 5.50. The number of hydrogen-bond acceptors (Lipinski definition) is 4. The molecule has 1 aliphatic rings. The van der Waals surface area contributed by atoms with Crippen LogP contribution in [0, 0.1) is 0 Å². The van der Waals surface area contributed by atoms with E-state index >= 15 is 0 Å². The summed E-state index contributed by atoms with van der Waals surface area (Å²) in [5.41, 5.74) is -0.466. The van der Waals surface area contributed by atoms with Crippen molar-refractivity contribution in [1.29, 1.82) is 0 Å². The van der Waals surface area contributed by atoms with Gasteiger partial charge in [-0.1, -0.05) is 0 Å². The van der Waals surface area contributed by atoms with Gasteiger partial charge in [-0.25, -0.2) is 4.79 Å². The Kier molecular flexibility index (Phi) is 4.56. The zero-order chi connectivity index (χ0) is 12.2. The number of epoxide rings is 1. The van der Waals surface area contributed by atoms with Gasteiger partial charge < -0.3 is 19.5 Å². The molecule has 0 aromatic rings. The molecule has 0 spiro atoms. The van der Waals surface area contributed by atoms with Crippen LogP contribution >= 0.6 is 0 Å². The highest BCUT2D eigenvalue weighted by molar-refractivity contribution is 5.68. The second-order valence-corrected chi connectivity index (χ2v) is 5.04. The molecule has 16 heavy (non-hydrogen) atoms. The lowest BCUT2D eigenvalue weighted by Crippen LogP contribution is -2.40. The lowest BCUT2D eigenvalue weighted by Gasteiger charge is -2.21. The fraction of sp³-hybridized carbons (Fsp3) is 0.909. The van der Waals surface area contributed by atoms with Crippen molar-refractivity contribution in [2.75, 3.05) is 19.8 Å². The second-order valence-electron chi connectivity index (χ2n) is 5.04. The Morgan fingerprint density at radius 1 is 1.56 bits per heavy atom. The maximum absolute atomic E-state index is 11.4. The number of rotatable bonds is 5. The standard InChI is InChI=1S/C11H21NO4/c1-8(5-14-6-9-7-15-9)12-10(13)16-11(2,3)4/h8-9H,5-7H2,1-4H3,(H,12,13)/t8?,9-/m1/s1. The van der Waals surface area contributed by atoms with Crippen molar-refractivity contribution in [3.63, 3.8) is 0 Å². The van der Waals surface area contributed by atoms with Crippen LogP contribution in [0.3, 0.4) is 0 Å². The largest absolute Gasteiger partial charge is 0.444 e. The lowest BCUT2D eigenvalue weighted by molar-refractivity contribution is 0.0444. The van der Waals surface area contributed by atoms with Crippen molar-refractivity contribution in [1.82, 2.24) is 5.32 Å². The van der Waals surface area contributed by atoms with E-state index in [0.717, 1.165) is 6.61 Å². The normalized spacial score (nSPS) is 21.4. The van der Waals surface area contributed by atoms with Gasteiger partial charge in [-0.15, -0.1) is 0 Å². The topological polar surface area (TPSA) is 60.1 Å². The van der Waals surface area contributed by atoms with Crippen LogP contribution in [-0.4, -0.2) is 43.7 Å². The molecule has 0 saturated carbocycles. The van der Waals surface area contributed by atoms with E-state index in [1.54, 1.807) is 0 Å². The fourth-order valence-electron chi connectivity index (χ4n) is 1.09. The summed E-state index contributed by atoms with van der Waals surface area (Å²) in [6.45, 7) is 9.22. The van der Waals surface area contributed by atoms with Crippen molar-refractivity contribution in [2.45, 2.75) is 45.4 Å². The quantitative estimate of drug-likeness (QED) is 0.725. The predicted molar refractivity (Wildman–Crippen MR) is 59.4 cm³/mol. The van der Waals surface area contributed by atoms with Gasteiger partial charge in [0.25, 0.3) is 0 Å². The first kappa shape index (κ1) is 13.3. The van der Waals surface area contributed by atoms with E-state index in [2.05, 4.69) is 5.32 Å². The van der Waals surface area contributed by atoms with Crippen molar-refractivity contribution in [3.8, 4) is 0 Å². The molecular weight excluding hydrogens is 210 g/mol. The predicted octanol–water partition coefficient (Wildman–Crippen LogP) is 1.31. The van der Waals surface area contributed by atoms with E-state index in [1.807, 2.05) is 27.7 Å². The molecule has 1 amide bonds. The minimum absolute atomic E-state index is 0.0615. The molecule has 1 N–H and O–H groups in total. The minimum Gasteiger partial charge on any atom is -0.444 e. The number of ether oxygens (including phenoxy) is 3. The molecule has 2 atom stereocenters. The van der Waals surface area contributed by atoms with E-state index in [-0.39, 0.29) is 12.1 Å². The highest BCUT2D eigenvalue weighted by Crippen LogP contribution is 2.09. The summed E-state index contributed by atoms with van der Waals surface area (Å²) in [6, 6.07) is -0.0615. The fourth-order valence-corrected chi connectivity index (χ4v) is 1.09. The zero-order valence-corrected chi connectivity index (χ0v) is 10.4. The van der Waals surface area contributed by atoms with Crippen LogP contribution < -0.4 is 5.32 Å². The smallest absolute Gasteiger partial charge is 0.407 e. The van der Waals surface area contributed by atoms with Gasteiger partial charge in [-0.3, -0.25) is 0 Å². The van der Waals surface area contributed by atoms with Gasteiger partial charge in [-0.05, 0) is 27.7 Å². The average Bonchev–Trinajstić information content (AvgIpc) is 2.83. The van der Waals surface area contributed by atoms with Gasteiger partial charge in [0.15, 0.2) is 0 Å². The number of hydrogen-bond donors (Lipinski definition) is 1. The molecule has 0 bridgehead atoms. The summed E-state index contributed by atoms with van der Waals surface area (Å²) < 4.78 is 15.5. The number of nitrogens with one attached hydrogen (secondary N) is 1. The van der Waals surface area contributed by atoms with Crippen molar-refractivity contribution >= 4 is 6.09 Å². The first-order valence-electron chi connectivity index (χ1n) is 5.55. The molecule has 0 aromatic heterocycles. The third-order valence-electron chi connectivity index (χ3n) is 1.84. The van der Waals surface area contributed by atoms with Gasteiger partial charge in [0.05, 0.1) is 25.9 Å². The molecule has 1 rings (SSSR count). The molecule has 94 valence electrons. The Balaban J connectivity index is 2.07. The Labute approximate surface area is 96.4 Å². The van der Waals surface area contributed by atoms with Crippen molar-refractivity contribution in [3.05, 3.63) is 0 Å². The first-order chi connectivity index (χ1) is 7.37. The van der Waals surface area contributed by atoms with Crippen LogP contribution in [0.5, 0.6) is 0 Å². The summed E-state index contributed by atoms with van der Waals surface area (Å²) in [5, 5.41) is 2.70. The summed E-state index contributed by atoms with van der Waals surface area (Å²) in [4.78, 5) is 11.4. The van der Waals surface area contributed by atoms with E-state index in [1.165, 1.54) is 0 Å². The molecule has 0 radical (unpaired) electrons. The maximum atomic E-state index is 11.4. The number of carbonyl (C=O) groups is 1. The Morgan fingerprint density at radius 3 is 2.69 bits per heavy atom. The van der Waals surface area contributed by atoms with Crippen LogP contribution in [0.4, 0.5) is 4.79 Å². The van der Waals surface area contributed by atoms with E-state index in [4.69, 9.17) is 14.2 Å². The molecule has 0 aliphatic carbocycles. The molecule has 1 fully saturated rings. The summed E-state index contributed by atoms with van der Waals surface area (Å²) in [7, 11) is 0. The summed E-state index contributed by atoms with van der Waals surface area (Å²) >= 11 is 0. The number of alkyl carbamates (subject to hydrolysis) is 1. The van der Waals surface area contributed by atoms with Crippen LogP contribution in [0.25, 0.3) is 0 Å². The third-order valence-corrected chi connectivity index (χ3v) is 1.84. The molecule has 5 nitrogen and oxygen atoms in total. The van der Waals surface area contributed by atoms with E-state index in [0.29, 0.717) is 13.2 Å². The number of carbonyl (C=O) groups excluding carboxylic acids is 1. The van der Waals surface area contributed by atoms with Crippen LogP contribution in [-0.2, 0) is 14.2 Å². The molecule has 5 heteroatoms. The van der Waals surface area contributed by atoms with Crippen molar-refractivity contribution in [2.24, 2.45) is 0 Å². The monoisotopic (exact) mass is 231 g/mol. The first-order valence-corrected chi connectivity index (χ1v) is 5.55. The highest BCUT2D eigenvalue weighted by Gasteiger charge is 2.23. The zero-order valence-electron chi connectivity index (χ0n) is 10.4. The van der Waals surface area contributed by atoms with Gasteiger partial charge in [-0.2, -0.15) is 0 Å². The third kappa shape index (κ3) is 6.63. The molecular formula is C11H21NO4. The SMILES string of the molecule is CC(COC[C@@H]1CO1)NC(=O)OC(C)(C)C. The van der Waals surface area contributed by atoms with Crippen molar-refractivity contribution < 1.29 is 19.0 Å². The van der Waals surface area contributed by atoms with Crippen LogP contribution in [0.2, 0.25) is 0 Å². The molecule has 1 aliphatic heterocycles. The Hall–Kier alpha value is -0.810. The minimum atomic E-state index is -0.466. The van der Waals surface area contributed by atoms with Gasteiger partial charge in [0.2, 0.25) is 0 Å². The Bertz CT molecular complexity index is 233. The molecule has 1 heterocycles. The number of amides is 1. The highest BCUT2D eigenvalue weighted by atomic mass is 16.6. The summed E-state index contributed by atoms with van der Waals surface area (Å²) in [5.74, 6) is 0. The molecule has 1 unspecified atom stereocenters.